The average molecular weight is 423 g/mol. The molecule has 0 saturated carbocycles. The van der Waals surface area contributed by atoms with Crippen molar-refractivity contribution in [1.82, 2.24) is 30.2 Å². The molecule has 0 bridgehead atoms. The zero-order chi connectivity index (χ0) is 21.6. The Morgan fingerprint density at radius 2 is 1.97 bits per heavy atom. The summed E-state index contributed by atoms with van der Waals surface area (Å²) >= 11 is 0. The Kier molecular flexibility index (Phi) is 6.74. The molecule has 3 heterocycles. The lowest BCUT2D eigenvalue weighted by atomic mass is 10.0. The molecule has 31 heavy (non-hydrogen) atoms. The van der Waals surface area contributed by atoms with Crippen LogP contribution in [0.5, 0.6) is 0 Å². The van der Waals surface area contributed by atoms with Crippen LogP contribution in [0, 0.1) is 0 Å². The van der Waals surface area contributed by atoms with Gasteiger partial charge in [0.15, 0.2) is 0 Å². The van der Waals surface area contributed by atoms with Gasteiger partial charge in [0.1, 0.15) is 11.6 Å². The molecule has 0 spiro atoms. The Balaban J connectivity index is 1.23. The van der Waals surface area contributed by atoms with Crippen LogP contribution in [0.1, 0.15) is 68.6 Å². The molecule has 0 unspecified atom stereocenters. The molecule has 1 N–H and O–H groups in total. The Bertz CT molecular complexity index is 1010. The highest BCUT2D eigenvalue weighted by Crippen LogP contribution is 2.21. The SMILES string of the molecule is CC(C)c1ccc(-c2noc(CCC(=O)NCCc3nnc4n3CCCCC4)n2)cc1. The molecule has 8 nitrogen and oxygen atoms in total. The second-order valence-corrected chi connectivity index (χ2v) is 8.38. The van der Waals surface area contributed by atoms with Crippen LogP contribution in [0.3, 0.4) is 0 Å². The van der Waals surface area contributed by atoms with Crippen molar-refractivity contribution in [3.63, 3.8) is 0 Å². The Labute approximate surface area is 182 Å². The quantitative estimate of drug-likeness (QED) is 0.597. The number of benzene rings is 1. The number of nitrogens with one attached hydrogen (secondary N) is 1. The minimum Gasteiger partial charge on any atom is -0.356 e. The van der Waals surface area contributed by atoms with E-state index in [0.29, 0.717) is 43.4 Å². The molecular formula is C23H30N6O2. The van der Waals surface area contributed by atoms with E-state index < -0.39 is 0 Å². The highest BCUT2D eigenvalue weighted by Gasteiger charge is 2.15. The van der Waals surface area contributed by atoms with Crippen molar-refractivity contribution in [2.24, 2.45) is 0 Å². The van der Waals surface area contributed by atoms with Crippen LogP contribution in [0.25, 0.3) is 11.4 Å². The van der Waals surface area contributed by atoms with Crippen molar-refractivity contribution in [3.8, 4) is 11.4 Å². The van der Waals surface area contributed by atoms with Gasteiger partial charge in [0.2, 0.25) is 17.6 Å². The molecule has 0 atom stereocenters. The number of fused-ring (bicyclic) bond motifs is 1. The molecular weight excluding hydrogens is 392 g/mol. The fraction of sp³-hybridized carbons (Fsp3) is 0.522. The molecule has 1 aliphatic heterocycles. The number of carbonyl (C=O) groups excluding carboxylic acids is 1. The minimum atomic E-state index is -0.0309. The molecule has 3 aromatic rings. The van der Waals surface area contributed by atoms with Gasteiger partial charge in [0, 0.05) is 44.3 Å². The van der Waals surface area contributed by atoms with Gasteiger partial charge >= 0.3 is 0 Å². The Morgan fingerprint density at radius 3 is 2.77 bits per heavy atom. The van der Waals surface area contributed by atoms with E-state index in [1.807, 2.05) is 12.1 Å². The van der Waals surface area contributed by atoms with E-state index in [1.54, 1.807) is 0 Å². The largest absolute Gasteiger partial charge is 0.356 e. The molecule has 2 aromatic heterocycles. The maximum atomic E-state index is 12.2. The molecule has 4 rings (SSSR count). The molecule has 0 saturated heterocycles. The van der Waals surface area contributed by atoms with E-state index in [4.69, 9.17) is 4.52 Å². The molecule has 0 fully saturated rings. The number of nitrogens with zero attached hydrogens (tertiary/aromatic N) is 5. The Hall–Kier alpha value is -3.03. The van der Waals surface area contributed by atoms with Crippen LogP contribution in [0.4, 0.5) is 0 Å². The van der Waals surface area contributed by atoms with Gasteiger partial charge < -0.3 is 14.4 Å². The molecule has 0 radical (unpaired) electrons. The van der Waals surface area contributed by atoms with E-state index >= 15 is 0 Å². The first-order valence-electron chi connectivity index (χ1n) is 11.2. The van der Waals surface area contributed by atoms with Gasteiger partial charge in [0.25, 0.3) is 0 Å². The third-order valence-corrected chi connectivity index (χ3v) is 5.73. The van der Waals surface area contributed by atoms with Crippen LogP contribution in [-0.2, 0) is 30.6 Å². The smallest absolute Gasteiger partial charge is 0.227 e. The standard InChI is InChI=1S/C23H30N6O2/c1-16(2)17-7-9-18(10-8-17)23-25-22(31-28-23)12-11-21(30)24-14-13-20-27-26-19-6-4-3-5-15-29(19)20/h7-10,16H,3-6,11-15H2,1-2H3,(H,24,30). The van der Waals surface area contributed by atoms with Gasteiger partial charge in [-0.1, -0.05) is 49.7 Å². The molecule has 0 aliphatic carbocycles. The molecule has 1 aliphatic rings. The predicted molar refractivity (Wildman–Crippen MR) is 116 cm³/mol. The summed E-state index contributed by atoms with van der Waals surface area (Å²) in [6.45, 7) is 5.85. The van der Waals surface area contributed by atoms with Crippen LogP contribution in [-0.4, -0.2) is 37.4 Å². The van der Waals surface area contributed by atoms with E-state index in [2.05, 4.69) is 56.2 Å². The molecule has 1 amide bonds. The maximum Gasteiger partial charge on any atom is 0.227 e. The van der Waals surface area contributed by atoms with Crippen molar-refractivity contribution in [1.29, 1.82) is 0 Å². The monoisotopic (exact) mass is 422 g/mol. The molecule has 1 aromatic carbocycles. The van der Waals surface area contributed by atoms with Crippen molar-refractivity contribution in [2.75, 3.05) is 6.54 Å². The summed E-state index contributed by atoms with van der Waals surface area (Å²) in [5.41, 5.74) is 2.18. The molecule has 164 valence electrons. The third kappa shape index (κ3) is 5.37. The first-order chi connectivity index (χ1) is 15.1. The van der Waals surface area contributed by atoms with Crippen molar-refractivity contribution in [2.45, 2.75) is 71.3 Å². The van der Waals surface area contributed by atoms with E-state index in [9.17, 15) is 4.79 Å². The number of amides is 1. The Morgan fingerprint density at radius 1 is 1.13 bits per heavy atom. The second kappa shape index (κ2) is 9.85. The zero-order valence-electron chi connectivity index (χ0n) is 18.3. The van der Waals surface area contributed by atoms with Gasteiger partial charge in [-0.3, -0.25) is 4.79 Å². The van der Waals surface area contributed by atoms with Gasteiger partial charge in [-0.25, -0.2) is 0 Å². The second-order valence-electron chi connectivity index (χ2n) is 8.38. The summed E-state index contributed by atoms with van der Waals surface area (Å²) in [7, 11) is 0. The maximum absolute atomic E-state index is 12.2. The van der Waals surface area contributed by atoms with Crippen LogP contribution in [0.15, 0.2) is 28.8 Å². The van der Waals surface area contributed by atoms with Crippen LogP contribution in [0.2, 0.25) is 0 Å². The number of hydrogen-bond donors (Lipinski definition) is 1. The van der Waals surface area contributed by atoms with E-state index in [1.165, 1.54) is 24.8 Å². The highest BCUT2D eigenvalue weighted by atomic mass is 16.5. The normalized spacial score (nSPS) is 13.8. The number of rotatable bonds is 8. The first kappa shape index (κ1) is 21.2. The predicted octanol–water partition coefficient (Wildman–Crippen LogP) is 3.47. The van der Waals surface area contributed by atoms with Crippen molar-refractivity contribution >= 4 is 5.91 Å². The number of carbonyl (C=O) groups is 1. The minimum absolute atomic E-state index is 0.0309. The van der Waals surface area contributed by atoms with Gasteiger partial charge in [-0.15, -0.1) is 10.2 Å². The van der Waals surface area contributed by atoms with Crippen molar-refractivity contribution < 1.29 is 9.32 Å². The molecule has 8 heteroatoms. The van der Waals surface area contributed by atoms with Crippen molar-refractivity contribution in [3.05, 3.63) is 47.4 Å². The fourth-order valence-corrected chi connectivity index (χ4v) is 3.84. The number of hydrogen-bond acceptors (Lipinski definition) is 6. The summed E-state index contributed by atoms with van der Waals surface area (Å²) in [4.78, 5) is 16.6. The lowest BCUT2D eigenvalue weighted by Gasteiger charge is -2.07. The summed E-state index contributed by atoms with van der Waals surface area (Å²) in [6.07, 6.45) is 5.99. The third-order valence-electron chi connectivity index (χ3n) is 5.73. The van der Waals surface area contributed by atoms with Gasteiger partial charge in [-0.2, -0.15) is 4.98 Å². The lowest BCUT2D eigenvalue weighted by molar-refractivity contribution is -0.121. The summed E-state index contributed by atoms with van der Waals surface area (Å²) < 4.78 is 7.54. The topological polar surface area (TPSA) is 98.7 Å². The fourth-order valence-electron chi connectivity index (χ4n) is 3.84. The van der Waals surface area contributed by atoms with Gasteiger partial charge in [-0.05, 0) is 24.3 Å². The summed E-state index contributed by atoms with van der Waals surface area (Å²) in [6, 6.07) is 8.17. The number of aryl methyl sites for hydroxylation is 2. The zero-order valence-corrected chi connectivity index (χ0v) is 18.3. The summed E-state index contributed by atoms with van der Waals surface area (Å²) in [5.74, 6) is 3.51. The average Bonchev–Trinajstić information content (AvgIpc) is 3.33. The number of aromatic nitrogens is 5. The lowest BCUT2D eigenvalue weighted by Crippen LogP contribution is -2.26. The summed E-state index contributed by atoms with van der Waals surface area (Å²) in [5, 5.41) is 15.6. The van der Waals surface area contributed by atoms with E-state index in [0.717, 1.165) is 30.2 Å². The highest BCUT2D eigenvalue weighted by molar-refractivity contribution is 5.76. The van der Waals surface area contributed by atoms with E-state index in [-0.39, 0.29) is 5.91 Å². The van der Waals surface area contributed by atoms with Crippen LogP contribution >= 0.6 is 0 Å². The van der Waals surface area contributed by atoms with Gasteiger partial charge in [0.05, 0.1) is 0 Å². The first-order valence-corrected chi connectivity index (χ1v) is 11.2. The van der Waals surface area contributed by atoms with Crippen LogP contribution < -0.4 is 5.32 Å².